The van der Waals surface area contributed by atoms with Crippen molar-refractivity contribution in [3.8, 4) is 0 Å². The Labute approximate surface area is 157 Å². The summed E-state index contributed by atoms with van der Waals surface area (Å²) in [6, 6.07) is 0. The molecule has 1 aromatic heterocycles. The van der Waals surface area contributed by atoms with Gasteiger partial charge in [-0.15, -0.1) is 0 Å². The number of aliphatic hydroxyl groups is 1. The molecular formula is C21H32N4O. The van der Waals surface area contributed by atoms with Gasteiger partial charge in [-0.3, -0.25) is 0 Å². The summed E-state index contributed by atoms with van der Waals surface area (Å²) in [5, 5.41) is 9.83. The van der Waals surface area contributed by atoms with Crippen molar-refractivity contribution < 1.29 is 5.11 Å². The van der Waals surface area contributed by atoms with Gasteiger partial charge in [-0.05, 0) is 51.4 Å². The second-order valence-electron chi connectivity index (χ2n) is 8.19. The first-order valence-electron chi connectivity index (χ1n) is 10.4. The zero-order valence-electron chi connectivity index (χ0n) is 16.0. The summed E-state index contributed by atoms with van der Waals surface area (Å²) in [6.45, 7) is 7.27. The van der Waals surface area contributed by atoms with Crippen LogP contribution in [0.15, 0.2) is 12.2 Å². The van der Waals surface area contributed by atoms with E-state index in [1.807, 2.05) is 6.92 Å². The lowest BCUT2D eigenvalue weighted by atomic mass is 9.94. The van der Waals surface area contributed by atoms with E-state index in [2.05, 4.69) is 22.0 Å². The van der Waals surface area contributed by atoms with Crippen LogP contribution in [0.4, 0.5) is 5.82 Å². The van der Waals surface area contributed by atoms with E-state index >= 15 is 0 Å². The predicted octanol–water partition coefficient (Wildman–Crippen LogP) is 2.50. The zero-order valence-corrected chi connectivity index (χ0v) is 16.0. The summed E-state index contributed by atoms with van der Waals surface area (Å²) in [5.41, 5.74) is 2.61. The minimum atomic E-state index is -0.146. The van der Waals surface area contributed by atoms with Gasteiger partial charge < -0.3 is 14.9 Å². The van der Waals surface area contributed by atoms with Crippen LogP contribution in [-0.4, -0.2) is 58.8 Å². The average Bonchev–Trinajstić information content (AvgIpc) is 2.85. The lowest BCUT2D eigenvalue weighted by molar-refractivity contribution is 0.145. The molecule has 0 unspecified atom stereocenters. The lowest BCUT2D eigenvalue weighted by Gasteiger charge is -2.32. The minimum Gasteiger partial charge on any atom is -0.393 e. The molecule has 1 fully saturated rings. The fourth-order valence-electron chi connectivity index (χ4n) is 4.66. The van der Waals surface area contributed by atoms with E-state index in [9.17, 15) is 5.11 Å². The molecule has 1 N–H and O–H groups in total. The van der Waals surface area contributed by atoms with Crippen molar-refractivity contribution in [3.63, 3.8) is 0 Å². The van der Waals surface area contributed by atoms with Crippen LogP contribution in [-0.2, 0) is 12.8 Å². The molecule has 5 heteroatoms. The maximum absolute atomic E-state index is 9.83. The van der Waals surface area contributed by atoms with Crippen LogP contribution < -0.4 is 4.90 Å². The molecule has 0 bridgehead atoms. The van der Waals surface area contributed by atoms with Crippen molar-refractivity contribution in [1.29, 1.82) is 0 Å². The Kier molecular flexibility index (Phi) is 5.55. The number of hydrogen-bond acceptors (Lipinski definition) is 5. The van der Waals surface area contributed by atoms with E-state index in [0.717, 1.165) is 69.4 Å². The number of aromatic nitrogens is 2. The van der Waals surface area contributed by atoms with E-state index < -0.39 is 0 Å². The highest BCUT2D eigenvalue weighted by atomic mass is 16.3. The van der Waals surface area contributed by atoms with Crippen molar-refractivity contribution in [2.24, 2.45) is 5.92 Å². The molecule has 3 aliphatic rings. The van der Waals surface area contributed by atoms with E-state index in [1.54, 1.807) is 0 Å². The molecule has 0 amide bonds. The van der Waals surface area contributed by atoms with Crippen LogP contribution in [0.3, 0.4) is 0 Å². The molecule has 2 aliphatic heterocycles. The van der Waals surface area contributed by atoms with E-state index in [-0.39, 0.29) is 6.10 Å². The molecule has 0 radical (unpaired) electrons. The highest BCUT2D eigenvalue weighted by Gasteiger charge is 2.26. The van der Waals surface area contributed by atoms with Gasteiger partial charge in [0, 0.05) is 44.7 Å². The molecule has 1 atom stereocenters. The van der Waals surface area contributed by atoms with E-state index in [4.69, 9.17) is 9.97 Å². The first kappa shape index (κ1) is 17.9. The smallest absolute Gasteiger partial charge is 0.135 e. The number of anilines is 1. The summed E-state index contributed by atoms with van der Waals surface area (Å²) in [5.74, 6) is 2.84. The van der Waals surface area contributed by atoms with Crippen LogP contribution in [0.5, 0.6) is 0 Å². The summed E-state index contributed by atoms with van der Waals surface area (Å²) < 4.78 is 0. The minimum absolute atomic E-state index is 0.146. The number of allylic oxidation sites excluding steroid dienone is 2. The molecule has 0 spiro atoms. The predicted molar refractivity (Wildman–Crippen MR) is 105 cm³/mol. The fourth-order valence-corrected chi connectivity index (χ4v) is 4.66. The summed E-state index contributed by atoms with van der Waals surface area (Å²) in [6.07, 6.45) is 12.1. The number of fused-ring (bicyclic) bond motifs is 1. The Morgan fingerprint density at radius 2 is 1.85 bits per heavy atom. The van der Waals surface area contributed by atoms with Crippen LogP contribution in [0.1, 0.15) is 49.2 Å². The number of rotatable bonds is 3. The van der Waals surface area contributed by atoms with Crippen molar-refractivity contribution in [2.75, 3.05) is 37.6 Å². The monoisotopic (exact) mass is 356 g/mol. The molecule has 142 valence electrons. The largest absolute Gasteiger partial charge is 0.393 e. The van der Waals surface area contributed by atoms with Gasteiger partial charge >= 0.3 is 0 Å². The first-order valence-corrected chi connectivity index (χ1v) is 10.4. The molecule has 1 saturated heterocycles. The normalized spacial score (nSPS) is 25.2. The summed E-state index contributed by atoms with van der Waals surface area (Å²) in [7, 11) is 0. The Morgan fingerprint density at radius 3 is 2.62 bits per heavy atom. The Balaban J connectivity index is 1.48. The van der Waals surface area contributed by atoms with E-state index in [1.165, 1.54) is 37.1 Å². The molecule has 26 heavy (non-hydrogen) atoms. The first-order chi connectivity index (χ1) is 12.7. The highest BCUT2D eigenvalue weighted by molar-refractivity contribution is 5.50. The number of aryl methyl sites for hydroxylation is 1. The van der Waals surface area contributed by atoms with Gasteiger partial charge in [0.25, 0.3) is 0 Å². The Hall–Kier alpha value is -1.46. The topological polar surface area (TPSA) is 52.5 Å². The third-order valence-corrected chi connectivity index (χ3v) is 6.18. The van der Waals surface area contributed by atoms with Crippen molar-refractivity contribution in [2.45, 2.75) is 58.0 Å². The highest BCUT2D eigenvalue weighted by Crippen LogP contribution is 2.28. The fraction of sp³-hybridized carbons (Fsp3) is 0.714. The standard InChI is InChI=1S/C21H32N4O/c1-16-22-20-10-12-24(15-17-5-3-2-4-6-17)11-9-19(20)21(23-16)25-13-7-18(26)8-14-25/h2-3,17-18,26H,4-15H2,1H3/t17-/m0/s1. The van der Waals surface area contributed by atoms with Crippen LogP contribution in [0.25, 0.3) is 0 Å². The van der Waals surface area contributed by atoms with Gasteiger partial charge in [0.2, 0.25) is 0 Å². The second kappa shape index (κ2) is 8.05. The van der Waals surface area contributed by atoms with Gasteiger partial charge in [0.1, 0.15) is 11.6 Å². The maximum Gasteiger partial charge on any atom is 0.135 e. The van der Waals surface area contributed by atoms with Gasteiger partial charge in [0.15, 0.2) is 0 Å². The maximum atomic E-state index is 9.83. The van der Waals surface area contributed by atoms with E-state index in [0.29, 0.717) is 0 Å². The Bertz CT molecular complexity index is 652. The van der Waals surface area contributed by atoms with Gasteiger partial charge in [-0.25, -0.2) is 9.97 Å². The van der Waals surface area contributed by atoms with Crippen molar-refractivity contribution in [3.05, 3.63) is 29.2 Å². The zero-order chi connectivity index (χ0) is 17.9. The molecule has 0 saturated carbocycles. The van der Waals surface area contributed by atoms with Gasteiger partial charge in [-0.1, -0.05) is 12.2 Å². The molecular weight excluding hydrogens is 324 g/mol. The SMILES string of the molecule is Cc1nc2c(c(N3CCC(O)CC3)n1)CCN(C[C@H]1CC=CCC1)CC2. The van der Waals surface area contributed by atoms with Crippen LogP contribution in [0, 0.1) is 12.8 Å². The molecule has 0 aromatic carbocycles. The summed E-state index contributed by atoms with van der Waals surface area (Å²) in [4.78, 5) is 14.6. The third kappa shape index (κ3) is 4.09. The molecule has 3 heterocycles. The quantitative estimate of drug-likeness (QED) is 0.844. The number of hydrogen-bond donors (Lipinski definition) is 1. The lowest BCUT2D eigenvalue weighted by Crippen LogP contribution is -2.37. The second-order valence-corrected chi connectivity index (χ2v) is 8.19. The number of aliphatic hydroxyl groups excluding tert-OH is 1. The number of nitrogens with zero attached hydrogens (tertiary/aromatic N) is 4. The number of piperidine rings is 1. The summed E-state index contributed by atoms with van der Waals surface area (Å²) >= 11 is 0. The van der Waals surface area contributed by atoms with Gasteiger partial charge in [-0.2, -0.15) is 0 Å². The van der Waals surface area contributed by atoms with Crippen LogP contribution in [0.2, 0.25) is 0 Å². The molecule has 1 aliphatic carbocycles. The van der Waals surface area contributed by atoms with Gasteiger partial charge in [0.05, 0.1) is 11.8 Å². The third-order valence-electron chi connectivity index (χ3n) is 6.18. The molecule has 5 nitrogen and oxygen atoms in total. The average molecular weight is 357 g/mol. The Morgan fingerprint density at radius 1 is 1.04 bits per heavy atom. The molecule has 4 rings (SSSR count). The molecule has 1 aromatic rings. The van der Waals surface area contributed by atoms with Crippen molar-refractivity contribution in [1.82, 2.24) is 14.9 Å². The van der Waals surface area contributed by atoms with Crippen molar-refractivity contribution >= 4 is 5.82 Å². The van der Waals surface area contributed by atoms with Crippen LogP contribution >= 0.6 is 0 Å².